The minimum Gasteiger partial charge on any atom is -0.493 e. The van der Waals surface area contributed by atoms with Gasteiger partial charge in [0, 0.05) is 11.6 Å². The van der Waals surface area contributed by atoms with Crippen molar-refractivity contribution in [2.75, 3.05) is 7.11 Å². The summed E-state index contributed by atoms with van der Waals surface area (Å²) < 4.78 is 11.2. The van der Waals surface area contributed by atoms with Crippen LogP contribution in [0.3, 0.4) is 0 Å². The molecule has 0 atom stereocenters. The van der Waals surface area contributed by atoms with Crippen LogP contribution in [0, 0.1) is 0 Å². The maximum absolute atomic E-state index is 10.6. The van der Waals surface area contributed by atoms with Crippen molar-refractivity contribution in [3.63, 3.8) is 0 Å². The van der Waals surface area contributed by atoms with Crippen molar-refractivity contribution in [3.05, 3.63) is 35.4 Å². The molecular formula is C15H16O4. The standard InChI is InChI=1S/C15H16O4/c1-15(2)9-8-11-10(5-7-13(16)17)4-6-12(18-3)14(11)19-15/h4-9H,1-3H3,(H,16,17). The van der Waals surface area contributed by atoms with E-state index in [2.05, 4.69) is 0 Å². The quantitative estimate of drug-likeness (QED) is 0.849. The summed E-state index contributed by atoms with van der Waals surface area (Å²) in [6.45, 7) is 3.90. The summed E-state index contributed by atoms with van der Waals surface area (Å²) in [6, 6.07) is 3.58. The van der Waals surface area contributed by atoms with E-state index in [1.165, 1.54) is 0 Å². The normalized spacial score (nSPS) is 15.9. The van der Waals surface area contributed by atoms with Crippen molar-refractivity contribution in [3.8, 4) is 11.5 Å². The van der Waals surface area contributed by atoms with Crippen molar-refractivity contribution in [1.29, 1.82) is 0 Å². The Bertz CT molecular complexity index is 568. The monoisotopic (exact) mass is 260 g/mol. The van der Waals surface area contributed by atoms with Crippen LogP contribution >= 0.6 is 0 Å². The Balaban J connectivity index is 2.53. The molecule has 1 aromatic carbocycles. The fourth-order valence-corrected chi connectivity index (χ4v) is 1.92. The molecule has 4 heteroatoms. The second-order valence-corrected chi connectivity index (χ2v) is 4.81. The lowest BCUT2D eigenvalue weighted by Gasteiger charge is -2.29. The van der Waals surface area contributed by atoms with Crippen molar-refractivity contribution in [1.82, 2.24) is 0 Å². The number of fused-ring (bicyclic) bond motifs is 1. The van der Waals surface area contributed by atoms with Gasteiger partial charge in [-0.1, -0.05) is 12.1 Å². The van der Waals surface area contributed by atoms with E-state index in [9.17, 15) is 4.79 Å². The van der Waals surface area contributed by atoms with Crippen LogP contribution in [0.25, 0.3) is 12.2 Å². The van der Waals surface area contributed by atoms with Gasteiger partial charge in [-0.15, -0.1) is 0 Å². The van der Waals surface area contributed by atoms with Crippen LogP contribution in [0.5, 0.6) is 11.5 Å². The molecule has 1 aliphatic heterocycles. The number of carboxylic acids is 1. The Labute approximate surface area is 112 Å². The van der Waals surface area contributed by atoms with Gasteiger partial charge in [0.1, 0.15) is 5.60 Å². The fourth-order valence-electron chi connectivity index (χ4n) is 1.92. The molecule has 4 nitrogen and oxygen atoms in total. The number of hydrogen-bond donors (Lipinski definition) is 1. The molecular weight excluding hydrogens is 244 g/mol. The lowest BCUT2D eigenvalue weighted by Crippen LogP contribution is -2.28. The third-order valence-electron chi connectivity index (χ3n) is 2.84. The first-order chi connectivity index (χ1) is 8.93. The summed E-state index contributed by atoms with van der Waals surface area (Å²) in [5.41, 5.74) is 1.20. The molecule has 1 aliphatic rings. The van der Waals surface area contributed by atoms with E-state index in [0.29, 0.717) is 11.5 Å². The molecule has 0 aromatic heterocycles. The minimum absolute atomic E-state index is 0.407. The molecule has 0 aliphatic carbocycles. The second kappa shape index (κ2) is 4.80. The van der Waals surface area contributed by atoms with E-state index in [-0.39, 0.29) is 0 Å². The van der Waals surface area contributed by atoms with Gasteiger partial charge in [-0.2, -0.15) is 0 Å². The van der Waals surface area contributed by atoms with E-state index < -0.39 is 11.6 Å². The van der Waals surface area contributed by atoms with Crippen molar-refractivity contribution in [2.45, 2.75) is 19.4 Å². The summed E-state index contributed by atoms with van der Waals surface area (Å²) >= 11 is 0. The highest BCUT2D eigenvalue weighted by atomic mass is 16.5. The second-order valence-electron chi connectivity index (χ2n) is 4.81. The maximum atomic E-state index is 10.6. The number of aliphatic carboxylic acids is 1. The largest absolute Gasteiger partial charge is 0.493 e. The molecule has 0 fully saturated rings. The number of methoxy groups -OCH3 is 1. The molecule has 2 rings (SSSR count). The van der Waals surface area contributed by atoms with Crippen LogP contribution in [0.15, 0.2) is 24.3 Å². The average Bonchev–Trinajstić information content (AvgIpc) is 2.34. The highest BCUT2D eigenvalue weighted by molar-refractivity contribution is 5.87. The van der Waals surface area contributed by atoms with E-state index in [1.807, 2.05) is 32.1 Å². The minimum atomic E-state index is -0.981. The Morgan fingerprint density at radius 2 is 2.16 bits per heavy atom. The number of rotatable bonds is 3. The van der Waals surface area contributed by atoms with E-state index in [4.69, 9.17) is 14.6 Å². The summed E-state index contributed by atoms with van der Waals surface area (Å²) in [4.78, 5) is 10.6. The van der Waals surface area contributed by atoms with Crippen LogP contribution in [0.2, 0.25) is 0 Å². The SMILES string of the molecule is COc1ccc(C=CC(=O)O)c2c1OC(C)(C)C=C2. The first-order valence-electron chi connectivity index (χ1n) is 5.93. The molecule has 0 unspecified atom stereocenters. The van der Waals surface area contributed by atoms with Crippen molar-refractivity contribution >= 4 is 18.1 Å². The number of ether oxygens (including phenoxy) is 2. The predicted molar refractivity (Wildman–Crippen MR) is 73.4 cm³/mol. The molecule has 1 aromatic rings. The molecule has 0 amide bonds. The van der Waals surface area contributed by atoms with E-state index in [1.54, 1.807) is 19.3 Å². The molecule has 0 spiro atoms. The van der Waals surface area contributed by atoms with Crippen molar-refractivity contribution in [2.24, 2.45) is 0 Å². The molecule has 19 heavy (non-hydrogen) atoms. The van der Waals surface area contributed by atoms with Crippen LogP contribution in [0.4, 0.5) is 0 Å². The van der Waals surface area contributed by atoms with Gasteiger partial charge >= 0.3 is 5.97 Å². The summed E-state index contributed by atoms with van der Waals surface area (Å²) in [7, 11) is 1.58. The van der Waals surface area contributed by atoms with Gasteiger partial charge in [0.15, 0.2) is 11.5 Å². The molecule has 1 heterocycles. The molecule has 0 saturated carbocycles. The Kier molecular flexibility index (Phi) is 3.34. The van der Waals surface area contributed by atoms with Gasteiger partial charge in [-0.3, -0.25) is 0 Å². The smallest absolute Gasteiger partial charge is 0.328 e. The molecule has 1 N–H and O–H groups in total. The first-order valence-corrected chi connectivity index (χ1v) is 5.93. The number of carbonyl (C=O) groups is 1. The zero-order valence-corrected chi connectivity index (χ0v) is 11.1. The highest BCUT2D eigenvalue weighted by Gasteiger charge is 2.25. The topological polar surface area (TPSA) is 55.8 Å². The van der Waals surface area contributed by atoms with Crippen LogP contribution in [0.1, 0.15) is 25.0 Å². The molecule has 0 radical (unpaired) electrons. The Hall–Kier alpha value is -2.23. The Morgan fingerprint density at radius 3 is 2.79 bits per heavy atom. The predicted octanol–water partition coefficient (Wildman–Crippen LogP) is 2.98. The van der Waals surface area contributed by atoms with Gasteiger partial charge in [0.2, 0.25) is 0 Å². The van der Waals surface area contributed by atoms with Gasteiger partial charge in [-0.25, -0.2) is 4.79 Å². The number of carboxylic acid groups (broad SMARTS) is 1. The molecule has 100 valence electrons. The van der Waals surface area contributed by atoms with Crippen LogP contribution < -0.4 is 9.47 Å². The van der Waals surface area contributed by atoms with Gasteiger partial charge in [-0.05, 0) is 37.6 Å². The Morgan fingerprint density at radius 1 is 1.42 bits per heavy atom. The van der Waals surface area contributed by atoms with Gasteiger partial charge in [0.05, 0.1) is 7.11 Å². The maximum Gasteiger partial charge on any atom is 0.328 e. The zero-order chi connectivity index (χ0) is 14.0. The fraction of sp³-hybridized carbons (Fsp3) is 0.267. The van der Waals surface area contributed by atoms with E-state index >= 15 is 0 Å². The molecule has 0 bridgehead atoms. The van der Waals surface area contributed by atoms with E-state index in [0.717, 1.165) is 17.2 Å². The highest BCUT2D eigenvalue weighted by Crippen LogP contribution is 2.40. The lowest BCUT2D eigenvalue weighted by molar-refractivity contribution is -0.131. The lowest BCUT2D eigenvalue weighted by atomic mass is 9.98. The van der Waals surface area contributed by atoms with Gasteiger partial charge < -0.3 is 14.6 Å². The third kappa shape index (κ3) is 2.78. The number of hydrogen-bond acceptors (Lipinski definition) is 3. The summed E-state index contributed by atoms with van der Waals surface area (Å²) in [5, 5.41) is 8.70. The molecule has 0 saturated heterocycles. The first kappa shape index (κ1) is 13.2. The summed E-state index contributed by atoms with van der Waals surface area (Å²) in [5.74, 6) is 0.299. The number of benzene rings is 1. The third-order valence-corrected chi connectivity index (χ3v) is 2.84. The van der Waals surface area contributed by atoms with Crippen LogP contribution in [-0.4, -0.2) is 23.8 Å². The zero-order valence-electron chi connectivity index (χ0n) is 11.1. The van der Waals surface area contributed by atoms with Gasteiger partial charge in [0.25, 0.3) is 0 Å². The summed E-state index contributed by atoms with van der Waals surface area (Å²) in [6.07, 6.45) is 6.53. The average molecular weight is 260 g/mol. The van der Waals surface area contributed by atoms with Crippen LogP contribution in [-0.2, 0) is 4.79 Å². The van der Waals surface area contributed by atoms with Crippen molar-refractivity contribution < 1.29 is 19.4 Å².